The van der Waals surface area contributed by atoms with Gasteiger partial charge in [0.05, 0.1) is 28.8 Å². The number of rotatable bonds is 4. The van der Waals surface area contributed by atoms with Crippen LogP contribution in [0.1, 0.15) is 37.4 Å². The van der Waals surface area contributed by atoms with Crippen molar-refractivity contribution in [3.8, 4) is 11.5 Å². The number of carbonyl (C=O) groups is 1. The molecule has 3 aromatic carbocycles. The zero-order chi connectivity index (χ0) is 24.0. The summed E-state index contributed by atoms with van der Waals surface area (Å²) in [5.41, 5.74) is 3.08. The van der Waals surface area contributed by atoms with Crippen LogP contribution in [0, 0.1) is 0 Å². The molecule has 176 valence electrons. The number of hydrogen-bond donors (Lipinski definition) is 1. The molecule has 1 N–H and O–H groups in total. The lowest BCUT2D eigenvalue weighted by molar-refractivity contribution is -0.154. The molecule has 0 aliphatic carbocycles. The van der Waals surface area contributed by atoms with Crippen LogP contribution in [-0.4, -0.2) is 22.8 Å². The monoisotopic (exact) mass is 484 g/mol. The highest BCUT2D eigenvalue weighted by Gasteiger charge is 2.51. The van der Waals surface area contributed by atoms with Gasteiger partial charge in [-0.25, -0.2) is 9.78 Å². The Morgan fingerprint density at radius 1 is 1.03 bits per heavy atom. The van der Waals surface area contributed by atoms with Crippen LogP contribution in [0.5, 0.6) is 11.5 Å². The largest absolute Gasteiger partial charge is 0.459 e. The summed E-state index contributed by atoms with van der Waals surface area (Å²) < 4.78 is 19.7. The fourth-order valence-electron chi connectivity index (χ4n) is 4.58. The number of fused-ring (bicyclic) bond motifs is 3. The molecule has 3 heterocycles. The molecule has 0 saturated heterocycles. The summed E-state index contributed by atoms with van der Waals surface area (Å²) in [4.78, 5) is 18.1. The van der Waals surface area contributed by atoms with E-state index >= 15 is 0 Å². The van der Waals surface area contributed by atoms with E-state index in [0.29, 0.717) is 23.5 Å². The van der Waals surface area contributed by atoms with E-state index in [-0.39, 0.29) is 12.1 Å². The number of anilines is 1. The van der Waals surface area contributed by atoms with Gasteiger partial charge in [0.2, 0.25) is 0 Å². The number of benzene rings is 3. The van der Waals surface area contributed by atoms with E-state index in [1.165, 1.54) is 0 Å². The molecule has 0 fully saturated rings. The molecule has 1 unspecified atom stereocenters. The average Bonchev–Trinajstić information content (AvgIpc) is 3.25. The quantitative estimate of drug-likeness (QED) is 0.340. The van der Waals surface area contributed by atoms with Crippen molar-refractivity contribution in [2.24, 2.45) is 0 Å². The van der Waals surface area contributed by atoms with Gasteiger partial charge in [0, 0.05) is 11.1 Å². The molecule has 7 heteroatoms. The SMILES string of the molecule is CC(C)OC(=O)C1=Cc2ccccc2OC12C[C@H](Nc1nc3ccccc3s1)c1ccccc1O2. The van der Waals surface area contributed by atoms with Crippen molar-refractivity contribution in [2.75, 3.05) is 5.32 Å². The fraction of sp³-hybridized carbons (Fsp3) is 0.214. The molecule has 1 aromatic heterocycles. The van der Waals surface area contributed by atoms with Crippen molar-refractivity contribution < 1.29 is 19.0 Å². The number of para-hydroxylation sites is 3. The van der Waals surface area contributed by atoms with Crippen LogP contribution >= 0.6 is 11.3 Å². The Labute approximate surface area is 207 Å². The topological polar surface area (TPSA) is 69.7 Å². The summed E-state index contributed by atoms with van der Waals surface area (Å²) in [7, 11) is 0. The van der Waals surface area contributed by atoms with Crippen LogP contribution in [0.3, 0.4) is 0 Å². The van der Waals surface area contributed by atoms with E-state index in [2.05, 4.69) is 11.4 Å². The van der Waals surface area contributed by atoms with Crippen molar-refractivity contribution in [2.45, 2.75) is 38.2 Å². The molecule has 6 nitrogen and oxygen atoms in total. The van der Waals surface area contributed by atoms with E-state index in [1.54, 1.807) is 11.3 Å². The van der Waals surface area contributed by atoms with Gasteiger partial charge >= 0.3 is 5.97 Å². The Hall–Kier alpha value is -3.84. The molecule has 0 amide bonds. The summed E-state index contributed by atoms with van der Waals surface area (Å²) in [5.74, 6) is -0.484. The Kier molecular flexibility index (Phi) is 5.22. The Morgan fingerprint density at radius 2 is 1.74 bits per heavy atom. The third-order valence-corrected chi connectivity index (χ3v) is 7.07. The summed E-state index contributed by atoms with van der Waals surface area (Å²) in [6.07, 6.45) is 1.91. The van der Waals surface area contributed by atoms with Crippen LogP contribution in [0.25, 0.3) is 16.3 Å². The Balaban J connectivity index is 1.44. The Bertz CT molecular complexity index is 1430. The number of esters is 1. The van der Waals surface area contributed by atoms with E-state index in [9.17, 15) is 4.79 Å². The highest BCUT2D eigenvalue weighted by molar-refractivity contribution is 7.22. The summed E-state index contributed by atoms with van der Waals surface area (Å²) in [6.45, 7) is 3.66. The Morgan fingerprint density at radius 3 is 2.57 bits per heavy atom. The molecule has 0 bridgehead atoms. The van der Waals surface area contributed by atoms with Gasteiger partial charge in [0.15, 0.2) is 5.13 Å². The molecular weight excluding hydrogens is 460 g/mol. The first-order valence-corrected chi connectivity index (χ1v) is 12.4. The summed E-state index contributed by atoms with van der Waals surface area (Å²) in [6, 6.07) is 23.3. The first-order valence-electron chi connectivity index (χ1n) is 11.6. The van der Waals surface area contributed by atoms with Crippen LogP contribution < -0.4 is 14.8 Å². The predicted molar refractivity (Wildman–Crippen MR) is 137 cm³/mol. The normalized spacial score (nSPS) is 20.4. The first-order chi connectivity index (χ1) is 17.0. The molecule has 35 heavy (non-hydrogen) atoms. The van der Waals surface area contributed by atoms with E-state index in [4.69, 9.17) is 19.2 Å². The second-order valence-electron chi connectivity index (χ2n) is 8.93. The molecule has 2 aliphatic heterocycles. The number of ether oxygens (including phenoxy) is 3. The number of thiazole rings is 1. The van der Waals surface area contributed by atoms with Crippen molar-refractivity contribution in [1.29, 1.82) is 0 Å². The molecule has 2 atom stereocenters. The molecular formula is C28H24N2O4S. The third-order valence-electron chi connectivity index (χ3n) is 6.10. The van der Waals surface area contributed by atoms with Crippen LogP contribution in [0.2, 0.25) is 0 Å². The second kappa shape index (κ2) is 8.43. The maximum absolute atomic E-state index is 13.3. The lowest BCUT2D eigenvalue weighted by Gasteiger charge is -2.44. The van der Waals surface area contributed by atoms with E-state index in [1.807, 2.05) is 86.7 Å². The number of hydrogen-bond acceptors (Lipinski definition) is 7. The minimum atomic E-state index is -1.34. The number of nitrogens with zero attached hydrogens (tertiary/aromatic N) is 1. The predicted octanol–water partition coefficient (Wildman–Crippen LogP) is 6.36. The van der Waals surface area contributed by atoms with Gasteiger partial charge in [0.1, 0.15) is 17.1 Å². The van der Waals surface area contributed by atoms with Crippen molar-refractivity contribution >= 4 is 38.7 Å². The van der Waals surface area contributed by atoms with Crippen molar-refractivity contribution in [3.63, 3.8) is 0 Å². The summed E-state index contributed by atoms with van der Waals surface area (Å²) >= 11 is 1.59. The second-order valence-corrected chi connectivity index (χ2v) is 9.96. The van der Waals surface area contributed by atoms with Crippen LogP contribution in [-0.2, 0) is 9.53 Å². The highest BCUT2D eigenvalue weighted by Crippen LogP contribution is 2.48. The number of aromatic nitrogens is 1. The van der Waals surface area contributed by atoms with Crippen molar-refractivity contribution in [3.05, 3.63) is 89.5 Å². The average molecular weight is 485 g/mol. The maximum atomic E-state index is 13.3. The molecule has 0 radical (unpaired) electrons. The van der Waals surface area contributed by atoms with E-state index < -0.39 is 11.8 Å². The summed E-state index contributed by atoms with van der Waals surface area (Å²) in [5, 5.41) is 4.39. The third kappa shape index (κ3) is 3.91. The molecule has 0 saturated carbocycles. The maximum Gasteiger partial charge on any atom is 0.342 e. The van der Waals surface area contributed by atoms with Gasteiger partial charge in [-0.15, -0.1) is 0 Å². The van der Waals surface area contributed by atoms with Gasteiger partial charge < -0.3 is 19.5 Å². The first kappa shape index (κ1) is 21.7. The van der Waals surface area contributed by atoms with Gasteiger partial charge in [-0.2, -0.15) is 0 Å². The van der Waals surface area contributed by atoms with Crippen molar-refractivity contribution in [1.82, 2.24) is 4.98 Å². The number of carbonyl (C=O) groups excluding carboxylic acids is 1. The van der Waals surface area contributed by atoms with Crippen LogP contribution in [0.15, 0.2) is 78.4 Å². The van der Waals surface area contributed by atoms with Gasteiger partial charge in [-0.3, -0.25) is 0 Å². The minimum absolute atomic E-state index is 0.207. The van der Waals surface area contributed by atoms with Crippen LogP contribution in [0.4, 0.5) is 5.13 Å². The lowest BCUT2D eigenvalue weighted by atomic mass is 9.87. The fourth-order valence-corrected chi connectivity index (χ4v) is 5.50. The smallest absolute Gasteiger partial charge is 0.342 e. The van der Waals surface area contributed by atoms with Gasteiger partial charge in [-0.1, -0.05) is 59.9 Å². The highest BCUT2D eigenvalue weighted by atomic mass is 32.1. The molecule has 1 spiro atoms. The lowest BCUT2D eigenvalue weighted by Crippen LogP contribution is -2.52. The van der Waals surface area contributed by atoms with E-state index in [0.717, 1.165) is 26.5 Å². The molecule has 4 aromatic rings. The van der Waals surface area contributed by atoms with Gasteiger partial charge in [-0.05, 0) is 44.2 Å². The number of nitrogens with one attached hydrogen (secondary N) is 1. The zero-order valence-electron chi connectivity index (χ0n) is 19.4. The standard InChI is InChI=1S/C28H24N2O4S/c1-17(2)32-26(31)20-15-18-9-3-6-12-23(18)33-28(20)16-22(19-10-4-7-13-24(19)34-28)30-27-29-21-11-5-8-14-25(21)35-27/h3-15,17,22H,16H2,1-2H3,(H,29,30)/t22-,28?/m0/s1. The van der Waals surface area contributed by atoms with Gasteiger partial charge in [0.25, 0.3) is 5.79 Å². The zero-order valence-corrected chi connectivity index (χ0v) is 20.2. The molecule has 6 rings (SSSR count). The molecule has 2 aliphatic rings. The minimum Gasteiger partial charge on any atom is -0.459 e.